The molecule has 1 heterocycles. The van der Waals surface area contributed by atoms with Gasteiger partial charge in [0.1, 0.15) is 6.10 Å². The number of hydrogen-bond donors (Lipinski definition) is 1. The van der Waals surface area contributed by atoms with Crippen LogP contribution >= 0.6 is 11.6 Å². The van der Waals surface area contributed by atoms with E-state index in [1.807, 2.05) is 12.1 Å². The van der Waals surface area contributed by atoms with Gasteiger partial charge in [-0.3, -0.25) is 0 Å². The molecule has 1 aliphatic rings. The quantitative estimate of drug-likeness (QED) is 0.789. The molecule has 0 aromatic carbocycles. The van der Waals surface area contributed by atoms with Crippen molar-refractivity contribution in [3.8, 4) is 5.88 Å². The van der Waals surface area contributed by atoms with Gasteiger partial charge in [0.05, 0.1) is 10.7 Å². The van der Waals surface area contributed by atoms with Gasteiger partial charge in [-0.25, -0.2) is 4.98 Å². The first-order valence-corrected chi connectivity index (χ1v) is 8.50. The van der Waals surface area contributed by atoms with Gasteiger partial charge in [0.15, 0.2) is 0 Å². The van der Waals surface area contributed by atoms with Crippen LogP contribution in [0.25, 0.3) is 0 Å². The van der Waals surface area contributed by atoms with E-state index in [-0.39, 0.29) is 0 Å². The van der Waals surface area contributed by atoms with Crippen LogP contribution in [0.2, 0.25) is 5.02 Å². The van der Waals surface area contributed by atoms with Gasteiger partial charge in [-0.05, 0) is 50.1 Å². The van der Waals surface area contributed by atoms with Gasteiger partial charge in [-0.1, -0.05) is 32.4 Å². The zero-order valence-corrected chi connectivity index (χ0v) is 14.1. The molecule has 1 fully saturated rings. The highest BCUT2D eigenvalue weighted by Gasteiger charge is 2.26. The monoisotopic (exact) mass is 310 g/mol. The Hall–Kier alpha value is -0.800. The largest absolute Gasteiger partial charge is 0.474 e. The van der Waals surface area contributed by atoms with Crippen LogP contribution in [0.1, 0.15) is 52.1 Å². The maximum atomic E-state index is 6.20. The van der Waals surface area contributed by atoms with E-state index >= 15 is 0 Å². The van der Waals surface area contributed by atoms with Crippen LogP contribution < -0.4 is 10.1 Å². The van der Waals surface area contributed by atoms with Crippen molar-refractivity contribution in [1.82, 2.24) is 10.3 Å². The fourth-order valence-corrected chi connectivity index (χ4v) is 2.99. The summed E-state index contributed by atoms with van der Waals surface area (Å²) in [6.45, 7) is 8.46. The summed E-state index contributed by atoms with van der Waals surface area (Å²) in [5.41, 5.74) is 0.875. The fourth-order valence-electron chi connectivity index (χ4n) is 2.81. The van der Waals surface area contributed by atoms with E-state index in [2.05, 4.69) is 31.1 Å². The highest BCUT2D eigenvalue weighted by molar-refractivity contribution is 6.31. The van der Waals surface area contributed by atoms with Crippen LogP contribution in [-0.4, -0.2) is 17.6 Å². The van der Waals surface area contributed by atoms with Crippen molar-refractivity contribution in [2.75, 3.05) is 6.54 Å². The molecule has 1 aromatic rings. The van der Waals surface area contributed by atoms with Crippen molar-refractivity contribution in [2.45, 2.75) is 59.1 Å². The van der Waals surface area contributed by atoms with E-state index < -0.39 is 0 Å². The Labute approximate surface area is 133 Å². The molecule has 1 saturated carbocycles. The van der Waals surface area contributed by atoms with E-state index in [1.54, 1.807) is 0 Å². The van der Waals surface area contributed by atoms with E-state index in [9.17, 15) is 0 Å². The predicted molar refractivity (Wildman–Crippen MR) is 87.8 cm³/mol. The number of hydrogen-bond acceptors (Lipinski definition) is 3. The van der Waals surface area contributed by atoms with Crippen LogP contribution in [0.5, 0.6) is 5.88 Å². The van der Waals surface area contributed by atoms with Crippen molar-refractivity contribution in [1.29, 1.82) is 0 Å². The smallest absolute Gasteiger partial charge is 0.213 e. The molecule has 2 rings (SSSR count). The third kappa shape index (κ3) is 4.86. The van der Waals surface area contributed by atoms with Crippen LogP contribution in [0.4, 0.5) is 0 Å². The summed E-state index contributed by atoms with van der Waals surface area (Å²) in [6, 6.07) is 3.77. The summed E-state index contributed by atoms with van der Waals surface area (Å²) in [5.74, 6) is 2.23. The van der Waals surface area contributed by atoms with E-state index in [1.165, 1.54) is 6.42 Å². The average Bonchev–Trinajstić information content (AvgIpc) is 2.46. The second-order valence-corrected chi connectivity index (χ2v) is 6.67. The predicted octanol–water partition coefficient (Wildman–Crippen LogP) is 4.44. The van der Waals surface area contributed by atoms with Gasteiger partial charge >= 0.3 is 0 Å². The number of rotatable bonds is 6. The maximum Gasteiger partial charge on any atom is 0.213 e. The molecular weight excluding hydrogens is 284 g/mol. The van der Waals surface area contributed by atoms with Crippen molar-refractivity contribution in [3.05, 3.63) is 22.8 Å². The lowest BCUT2D eigenvalue weighted by molar-refractivity contribution is 0.0962. The third-order valence-corrected chi connectivity index (χ3v) is 4.79. The zero-order chi connectivity index (χ0) is 15.2. The number of halogens is 1. The standard InChI is InChI=1S/C17H27ClN2O/c1-4-9-19-11-16-15(18)7-8-17(20-16)21-14-6-5-12(2)13(3)10-14/h7-8,12-14,19H,4-6,9-11H2,1-3H3. The summed E-state index contributed by atoms with van der Waals surface area (Å²) < 4.78 is 6.08. The molecule has 0 spiro atoms. The van der Waals surface area contributed by atoms with Gasteiger partial charge in [0, 0.05) is 12.6 Å². The first-order chi connectivity index (χ1) is 10.1. The maximum absolute atomic E-state index is 6.20. The Morgan fingerprint density at radius 2 is 2.10 bits per heavy atom. The third-order valence-electron chi connectivity index (χ3n) is 4.45. The lowest BCUT2D eigenvalue weighted by Crippen LogP contribution is -2.29. The number of nitrogens with zero attached hydrogens (tertiary/aromatic N) is 1. The van der Waals surface area contributed by atoms with Crippen LogP contribution in [0, 0.1) is 11.8 Å². The SMILES string of the molecule is CCCNCc1nc(OC2CCC(C)C(C)C2)ccc1Cl. The van der Waals surface area contributed by atoms with Gasteiger partial charge in [0.2, 0.25) is 5.88 Å². The zero-order valence-electron chi connectivity index (χ0n) is 13.4. The number of nitrogens with one attached hydrogen (secondary N) is 1. The van der Waals surface area contributed by atoms with Gasteiger partial charge in [-0.2, -0.15) is 0 Å². The van der Waals surface area contributed by atoms with Crippen LogP contribution in [0.3, 0.4) is 0 Å². The second-order valence-electron chi connectivity index (χ2n) is 6.26. The molecule has 0 bridgehead atoms. The molecule has 3 unspecified atom stereocenters. The van der Waals surface area contributed by atoms with Crippen LogP contribution in [0.15, 0.2) is 12.1 Å². The summed E-state index contributed by atoms with van der Waals surface area (Å²) in [6.07, 6.45) is 4.88. The molecule has 4 heteroatoms. The normalized spacial score (nSPS) is 25.8. The molecule has 21 heavy (non-hydrogen) atoms. The topological polar surface area (TPSA) is 34.2 Å². The first-order valence-electron chi connectivity index (χ1n) is 8.13. The fraction of sp³-hybridized carbons (Fsp3) is 0.706. The van der Waals surface area contributed by atoms with Crippen molar-refractivity contribution >= 4 is 11.6 Å². The molecule has 118 valence electrons. The van der Waals surface area contributed by atoms with Crippen molar-refractivity contribution < 1.29 is 4.74 Å². The molecule has 3 nitrogen and oxygen atoms in total. The molecular formula is C17H27ClN2O. The molecule has 1 N–H and O–H groups in total. The van der Waals surface area contributed by atoms with Crippen molar-refractivity contribution in [3.63, 3.8) is 0 Å². The second kappa shape index (κ2) is 8.00. The first kappa shape index (κ1) is 16.6. The Morgan fingerprint density at radius 3 is 2.81 bits per heavy atom. The molecule has 0 amide bonds. The highest BCUT2D eigenvalue weighted by Crippen LogP contribution is 2.31. The minimum atomic E-state index is 0.293. The number of aromatic nitrogens is 1. The summed E-state index contributed by atoms with van der Waals surface area (Å²) >= 11 is 6.20. The Balaban J connectivity index is 1.95. The Morgan fingerprint density at radius 1 is 1.29 bits per heavy atom. The minimum absolute atomic E-state index is 0.293. The molecule has 1 aromatic heterocycles. The molecule has 0 radical (unpaired) electrons. The van der Waals surface area contributed by atoms with E-state index in [0.29, 0.717) is 23.6 Å². The van der Waals surface area contributed by atoms with Gasteiger partial charge in [-0.15, -0.1) is 0 Å². The molecule has 3 atom stereocenters. The average molecular weight is 311 g/mol. The Bertz CT molecular complexity index is 452. The van der Waals surface area contributed by atoms with E-state index in [0.717, 1.165) is 43.3 Å². The van der Waals surface area contributed by atoms with E-state index in [4.69, 9.17) is 16.3 Å². The number of ether oxygens (including phenoxy) is 1. The summed E-state index contributed by atoms with van der Waals surface area (Å²) in [7, 11) is 0. The van der Waals surface area contributed by atoms with Crippen molar-refractivity contribution in [2.24, 2.45) is 11.8 Å². The summed E-state index contributed by atoms with van der Waals surface area (Å²) in [4.78, 5) is 4.57. The number of pyridine rings is 1. The molecule has 0 saturated heterocycles. The Kier molecular flexibility index (Phi) is 6.31. The van der Waals surface area contributed by atoms with Gasteiger partial charge in [0.25, 0.3) is 0 Å². The molecule has 1 aliphatic carbocycles. The molecule has 0 aliphatic heterocycles. The van der Waals surface area contributed by atoms with Crippen LogP contribution in [-0.2, 0) is 6.54 Å². The summed E-state index contributed by atoms with van der Waals surface area (Å²) in [5, 5.41) is 4.04. The lowest BCUT2D eigenvalue weighted by atomic mass is 9.80. The highest BCUT2D eigenvalue weighted by atomic mass is 35.5. The minimum Gasteiger partial charge on any atom is -0.474 e. The van der Waals surface area contributed by atoms with Gasteiger partial charge < -0.3 is 10.1 Å². The lowest BCUT2D eigenvalue weighted by Gasteiger charge is -2.32.